The summed E-state index contributed by atoms with van der Waals surface area (Å²) in [6.07, 6.45) is 10.1. The molecule has 20 heavy (non-hydrogen) atoms. The average molecular weight is 316 g/mol. The van der Waals surface area contributed by atoms with Gasteiger partial charge in [-0.3, -0.25) is 0 Å². The maximum Gasteiger partial charge on any atom is 0.0294 e. The fraction of sp³-hybridized carbons (Fsp3) is 1.00. The first-order valence-electron chi connectivity index (χ1n) is 8.71. The maximum atomic E-state index is 3.89. The van der Waals surface area contributed by atoms with E-state index in [4.69, 9.17) is 0 Å². The summed E-state index contributed by atoms with van der Waals surface area (Å²) in [5.41, 5.74) is 0. The number of thioether (sulfide) groups is 2. The Hall–Kier alpha value is 0.660. The van der Waals surface area contributed by atoms with Crippen molar-refractivity contribution >= 4 is 23.5 Å². The van der Waals surface area contributed by atoms with Crippen LogP contribution in [0.1, 0.15) is 65.7 Å². The van der Waals surface area contributed by atoms with Gasteiger partial charge in [0, 0.05) is 27.5 Å². The smallest absolute Gasteiger partial charge is 0.0294 e. The van der Waals surface area contributed by atoms with Crippen molar-refractivity contribution in [3.8, 4) is 0 Å². The fourth-order valence-electron chi connectivity index (χ4n) is 3.50. The summed E-state index contributed by atoms with van der Waals surface area (Å²) < 4.78 is 0. The van der Waals surface area contributed by atoms with Crippen LogP contribution in [0, 0.1) is 5.92 Å². The molecule has 4 atom stereocenters. The van der Waals surface area contributed by atoms with Gasteiger partial charge in [0.2, 0.25) is 0 Å². The molecule has 1 heterocycles. The molecule has 0 aromatic rings. The minimum Gasteiger partial charge on any atom is -0.313 e. The molecule has 0 bridgehead atoms. The van der Waals surface area contributed by atoms with Crippen LogP contribution in [0.2, 0.25) is 0 Å². The molecule has 1 aliphatic heterocycles. The van der Waals surface area contributed by atoms with E-state index < -0.39 is 0 Å². The van der Waals surface area contributed by atoms with E-state index in [1.54, 1.807) is 0 Å². The van der Waals surface area contributed by atoms with Gasteiger partial charge in [0.1, 0.15) is 0 Å². The number of nitrogens with one attached hydrogen (secondary N) is 1. The Bertz CT molecular complexity index is 266. The molecule has 1 aliphatic carbocycles. The molecule has 3 heteroatoms. The zero-order valence-electron chi connectivity index (χ0n) is 13.6. The second kappa shape index (κ2) is 8.95. The molecule has 1 saturated heterocycles. The average Bonchev–Trinajstić information content (AvgIpc) is 2.47. The van der Waals surface area contributed by atoms with E-state index in [0.29, 0.717) is 0 Å². The van der Waals surface area contributed by atoms with Crippen molar-refractivity contribution in [2.24, 2.45) is 5.92 Å². The lowest BCUT2D eigenvalue weighted by Crippen LogP contribution is -2.44. The monoisotopic (exact) mass is 315 g/mol. The number of rotatable bonds is 6. The second-order valence-electron chi connectivity index (χ2n) is 6.72. The summed E-state index contributed by atoms with van der Waals surface area (Å²) >= 11 is 4.46. The largest absolute Gasteiger partial charge is 0.313 e. The topological polar surface area (TPSA) is 12.0 Å². The van der Waals surface area contributed by atoms with Crippen LogP contribution in [0.25, 0.3) is 0 Å². The molecule has 2 aliphatic rings. The molecular formula is C17H33NS2. The van der Waals surface area contributed by atoms with Crippen molar-refractivity contribution < 1.29 is 0 Å². The van der Waals surface area contributed by atoms with Crippen molar-refractivity contribution in [2.75, 3.05) is 12.3 Å². The minimum absolute atomic E-state index is 0.755. The highest BCUT2D eigenvalue weighted by molar-refractivity contribution is 8.07. The highest BCUT2D eigenvalue weighted by Crippen LogP contribution is 2.39. The summed E-state index contributed by atoms with van der Waals surface area (Å²) in [6.45, 7) is 8.31. The SMILES string of the molecule is CCCNC(CC1CCCCC1)C1CSC(C)C(C)S1. The molecule has 2 rings (SSSR count). The molecule has 0 amide bonds. The molecule has 1 N–H and O–H groups in total. The van der Waals surface area contributed by atoms with Crippen LogP contribution in [0.5, 0.6) is 0 Å². The molecule has 0 spiro atoms. The van der Waals surface area contributed by atoms with Crippen LogP contribution in [-0.2, 0) is 0 Å². The van der Waals surface area contributed by atoms with Crippen LogP contribution in [0.15, 0.2) is 0 Å². The van der Waals surface area contributed by atoms with E-state index in [2.05, 4.69) is 49.6 Å². The Morgan fingerprint density at radius 3 is 2.50 bits per heavy atom. The van der Waals surface area contributed by atoms with Crippen LogP contribution >= 0.6 is 23.5 Å². The van der Waals surface area contributed by atoms with E-state index in [9.17, 15) is 0 Å². The molecule has 118 valence electrons. The third kappa shape index (κ3) is 5.14. The maximum absolute atomic E-state index is 3.89. The van der Waals surface area contributed by atoms with Crippen molar-refractivity contribution in [2.45, 2.75) is 87.5 Å². The Labute approximate surface area is 134 Å². The molecule has 2 fully saturated rings. The molecule has 0 radical (unpaired) electrons. The molecule has 0 aromatic carbocycles. The van der Waals surface area contributed by atoms with Crippen molar-refractivity contribution in [1.82, 2.24) is 5.32 Å². The van der Waals surface area contributed by atoms with Gasteiger partial charge in [-0.2, -0.15) is 23.5 Å². The first kappa shape index (κ1) is 17.0. The third-order valence-electron chi connectivity index (χ3n) is 4.99. The summed E-state index contributed by atoms with van der Waals surface area (Å²) in [6, 6.07) is 0.755. The van der Waals surface area contributed by atoms with Crippen molar-refractivity contribution in [3.05, 3.63) is 0 Å². The van der Waals surface area contributed by atoms with Gasteiger partial charge in [-0.25, -0.2) is 0 Å². The van der Waals surface area contributed by atoms with Crippen LogP contribution in [-0.4, -0.2) is 34.1 Å². The van der Waals surface area contributed by atoms with Gasteiger partial charge in [-0.15, -0.1) is 0 Å². The van der Waals surface area contributed by atoms with E-state index >= 15 is 0 Å². The fourth-order valence-corrected chi connectivity index (χ4v) is 6.64. The van der Waals surface area contributed by atoms with E-state index in [0.717, 1.165) is 27.7 Å². The molecule has 0 aromatic heterocycles. The quantitative estimate of drug-likeness (QED) is 0.745. The summed E-state index contributed by atoms with van der Waals surface area (Å²) in [5.74, 6) is 2.35. The first-order chi connectivity index (χ1) is 9.70. The Balaban J connectivity index is 1.88. The van der Waals surface area contributed by atoms with Crippen LogP contribution in [0.3, 0.4) is 0 Å². The minimum atomic E-state index is 0.755. The Morgan fingerprint density at radius 2 is 1.85 bits per heavy atom. The lowest BCUT2D eigenvalue weighted by Gasteiger charge is -2.38. The van der Waals surface area contributed by atoms with E-state index in [1.165, 1.54) is 57.2 Å². The molecular weight excluding hydrogens is 282 g/mol. The summed E-state index contributed by atoms with van der Waals surface area (Å²) in [5, 5.41) is 6.37. The van der Waals surface area contributed by atoms with Gasteiger partial charge in [0.25, 0.3) is 0 Å². The summed E-state index contributed by atoms with van der Waals surface area (Å²) in [7, 11) is 0. The van der Waals surface area contributed by atoms with Gasteiger partial charge in [0.05, 0.1) is 0 Å². The van der Waals surface area contributed by atoms with E-state index in [-0.39, 0.29) is 0 Å². The molecule has 1 saturated carbocycles. The van der Waals surface area contributed by atoms with E-state index in [1.807, 2.05) is 0 Å². The van der Waals surface area contributed by atoms with Gasteiger partial charge in [-0.1, -0.05) is 52.9 Å². The second-order valence-corrected chi connectivity index (χ2v) is 9.75. The van der Waals surface area contributed by atoms with Gasteiger partial charge >= 0.3 is 0 Å². The Kier molecular flexibility index (Phi) is 7.61. The highest BCUT2D eigenvalue weighted by atomic mass is 32.2. The van der Waals surface area contributed by atoms with Gasteiger partial charge < -0.3 is 5.32 Å². The molecule has 1 nitrogen and oxygen atoms in total. The van der Waals surface area contributed by atoms with Crippen molar-refractivity contribution in [1.29, 1.82) is 0 Å². The summed E-state index contributed by atoms with van der Waals surface area (Å²) in [4.78, 5) is 0. The lowest BCUT2D eigenvalue weighted by molar-refractivity contribution is 0.297. The molecule has 4 unspecified atom stereocenters. The Morgan fingerprint density at radius 1 is 1.10 bits per heavy atom. The van der Waals surface area contributed by atoms with Gasteiger partial charge in [-0.05, 0) is 25.3 Å². The first-order valence-corrected chi connectivity index (χ1v) is 10.7. The number of hydrogen-bond acceptors (Lipinski definition) is 3. The third-order valence-corrected chi connectivity index (χ3v) is 8.54. The normalized spacial score (nSPS) is 34.0. The highest BCUT2D eigenvalue weighted by Gasteiger charge is 2.32. The van der Waals surface area contributed by atoms with Crippen LogP contribution < -0.4 is 5.32 Å². The predicted molar refractivity (Wildman–Crippen MR) is 96.0 cm³/mol. The van der Waals surface area contributed by atoms with Crippen molar-refractivity contribution in [3.63, 3.8) is 0 Å². The van der Waals surface area contributed by atoms with Crippen LogP contribution in [0.4, 0.5) is 0 Å². The van der Waals surface area contributed by atoms with Gasteiger partial charge in [0.15, 0.2) is 0 Å². The predicted octanol–water partition coefficient (Wildman–Crippen LogP) is 4.95. The lowest BCUT2D eigenvalue weighted by atomic mass is 9.84. The zero-order valence-corrected chi connectivity index (χ0v) is 15.2. The standard InChI is InChI=1S/C17H33NS2/c1-4-10-18-16(11-15-8-6-5-7-9-15)17-12-19-13(2)14(3)20-17/h13-18H,4-12H2,1-3H3. The zero-order chi connectivity index (χ0) is 14.4. The number of hydrogen-bond donors (Lipinski definition) is 1.